The number of rotatable bonds is 5. The average molecular weight is 251 g/mol. The van der Waals surface area contributed by atoms with Crippen molar-refractivity contribution in [2.75, 3.05) is 32.7 Å². The molecule has 3 fully saturated rings. The summed E-state index contributed by atoms with van der Waals surface area (Å²) >= 11 is 0. The van der Waals surface area contributed by atoms with Gasteiger partial charge in [0.1, 0.15) is 0 Å². The van der Waals surface area contributed by atoms with E-state index in [-0.39, 0.29) is 0 Å². The molecule has 18 heavy (non-hydrogen) atoms. The quantitative estimate of drug-likeness (QED) is 0.802. The number of likely N-dealkylation sites (N-methyl/N-ethyl adjacent to an activating group) is 1. The third-order valence-corrected chi connectivity index (χ3v) is 5.27. The lowest BCUT2D eigenvalue weighted by atomic mass is 9.98. The highest BCUT2D eigenvalue weighted by Gasteiger charge is 2.35. The largest absolute Gasteiger partial charge is 0.311 e. The van der Waals surface area contributed by atoms with Gasteiger partial charge in [-0.2, -0.15) is 0 Å². The molecule has 104 valence electrons. The van der Waals surface area contributed by atoms with Gasteiger partial charge >= 0.3 is 0 Å². The van der Waals surface area contributed by atoms with Crippen LogP contribution in [-0.4, -0.2) is 60.6 Å². The molecule has 3 aliphatic heterocycles. The number of hydrogen-bond donors (Lipinski definition) is 1. The minimum Gasteiger partial charge on any atom is -0.311 e. The van der Waals surface area contributed by atoms with Gasteiger partial charge in [-0.25, -0.2) is 0 Å². The summed E-state index contributed by atoms with van der Waals surface area (Å²) in [5, 5.41) is 3.76. The van der Waals surface area contributed by atoms with Crippen LogP contribution in [0.3, 0.4) is 0 Å². The van der Waals surface area contributed by atoms with Gasteiger partial charge in [-0.15, -0.1) is 0 Å². The van der Waals surface area contributed by atoms with Gasteiger partial charge in [0.25, 0.3) is 0 Å². The molecular formula is C15H29N3. The van der Waals surface area contributed by atoms with Crippen molar-refractivity contribution < 1.29 is 0 Å². The van der Waals surface area contributed by atoms with E-state index >= 15 is 0 Å². The Morgan fingerprint density at radius 1 is 1.11 bits per heavy atom. The van der Waals surface area contributed by atoms with Gasteiger partial charge in [0.2, 0.25) is 0 Å². The maximum atomic E-state index is 3.76. The van der Waals surface area contributed by atoms with E-state index < -0.39 is 0 Å². The van der Waals surface area contributed by atoms with E-state index in [9.17, 15) is 0 Å². The molecule has 0 saturated carbocycles. The van der Waals surface area contributed by atoms with Crippen molar-refractivity contribution in [3.8, 4) is 0 Å². The molecule has 3 nitrogen and oxygen atoms in total. The van der Waals surface area contributed by atoms with Crippen LogP contribution in [0.1, 0.15) is 45.4 Å². The fourth-order valence-electron chi connectivity index (χ4n) is 4.20. The van der Waals surface area contributed by atoms with Gasteiger partial charge in [-0.1, -0.05) is 6.92 Å². The molecule has 0 aliphatic carbocycles. The van der Waals surface area contributed by atoms with Gasteiger partial charge in [0.05, 0.1) is 0 Å². The number of piperidine rings is 1. The van der Waals surface area contributed by atoms with E-state index in [0.29, 0.717) is 0 Å². The second kappa shape index (κ2) is 5.89. The first-order chi connectivity index (χ1) is 8.85. The Kier molecular flexibility index (Phi) is 4.22. The highest BCUT2D eigenvalue weighted by atomic mass is 15.2. The Balaban J connectivity index is 1.48. The first-order valence-corrected chi connectivity index (χ1v) is 8.07. The lowest BCUT2D eigenvalue weighted by Crippen LogP contribution is -2.49. The Labute approximate surface area is 112 Å². The smallest absolute Gasteiger partial charge is 0.0125 e. The zero-order valence-corrected chi connectivity index (χ0v) is 11.9. The molecule has 0 radical (unpaired) electrons. The summed E-state index contributed by atoms with van der Waals surface area (Å²) in [5.74, 6) is 0. The molecule has 2 bridgehead atoms. The van der Waals surface area contributed by atoms with Crippen molar-refractivity contribution in [2.45, 2.75) is 63.6 Å². The molecule has 0 aromatic heterocycles. The van der Waals surface area contributed by atoms with Crippen molar-refractivity contribution in [1.29, 1.82) is 0 Å². The summed E-state index contributed by atoms with van der Waals surface area (Å²) in [6.07, 6.45) is 8.47. The Morgan fingerprint density at radius 2 is 1.78 bits per heavy atom. The van der Waals surface area contributed by atoms with E-state index in [1.165, 1.54) is 71.2 Å². The molecule has 2 atom stereocenters. The maximum Gasteiger partial charge on any atom is 0.0125 e. The second-order valence-electron chi connectivity index (χ2n) is 6.44. The normalized spacial score (nSPS) is 36.7. The number of nitrogens with one attached hydrogen (secondary N) is 1. The number of nitrogens with zero attached hydrogens (tertiary/aromatic N) is 2. The number of hydrogen-bond acceptors (Lipinski definition) is 3. The number of likely N-dealkylation sites (tertiary alicyclic amines) is 1. The molecule has 3 saturated heterocycles. The second-order valence-corrected chi connectivity index (χ2v) is 6.44. The Hall–Kier alpha value is -0.120. The predicted molar refractivity (Wildman–Crippen MR) is 75.9 cm³/mol. The molecule has 3 rings (SSSR count). The molecule has 0 aromatic rings. The maximum absolute atomic E-state index is 3.76. The average Bonchev–Trinajstić information content (AvgIpc) is 3.00. The van der Waals surface area contributed by atoms with E-state index in [4.69, 9.17) is 0 Å². The Bertz CT molecular complexity index is 250. The van der Waals surface area contributed by atoms with Crippen molar-refractivity contribution in [2.24, 2.45) is 0 Å². The highest BCUT2D eigenvalue weighted by Crippen LogP contribution is 2.29. The minimum atomic E-state index is 0.828. The van der Waals surface area contributed by atoms with Crippen LogP contribution in [-0.2, 0) is 0 Å². The highest BCUT2D eigenvalue weighted by molar-refractivity contribution is 4.95. The van der Waals surface area contributed by atoms with Crippen LogP contribution >= 0.6 is 0 Å². The topological polar surface area (TPSA) is 18.5 Å². The van der Waals surface area contributed by atoms with Gasteiger partial charge in [0, 0.05) is 31.2 Å². The Morgan fingerprint density at radius 3 is 2.39 bits per heavy atom. The van der Waals surface area contributed by atoms with Gasteiger partial charge in [0.15, 0.2) is 0 Å². The molecule has 1 N–H and O–H groups in total. The van der Waals surface area contributed by atoms with Crippen LogP contribution in [0.2, 0.25) is 0 Å². The van der Waals surface area contributed by atoms with Crippen LogP contribution in [0, 0.1) is 0 Å². The SMILES string of the molecule is CCN(CCN1CCCC1)C1CC2CCC(C1)N2. The summed E-state index contributed by atoms with van der Waals surface area (Å²) in [4.78, 5) is 5.41. The van der Waals surface area contributed by atoms with Crippen LogP contribution in [0.5, 0.6) is 0 Å². The third kappa shape index (κ3) is 2.89. The molecule has 0 aromatic carbocycles. The van der Waals surface area contributed by atoms with Crippen molar-refractivity contribution in [3.63, 3.8) is 0 Å². The van der Waals surface area contributed by atoms with Crippen LogP contribution < -0.4 is 5.32 Å². The van der Waals surface area contributed by atoms with Crippen molar-refractivity contribution >= 4 is 0 Å². The lowest BCUT2D eigenvalue weighted by molar-refractivity contribution is 0.133. The monoisotopic (exact) mass is 251 g/mol. The summed E-state index contributed by atoms with van der Waals surface area (Å²) in [6, 6.07) is 2.51. The molecule has 0 amide bonds. The molecule has 2 unspecified atom stereocenters. The summed E-state index contributed by atoms with van der Waals surface area (Å²) in [5.41, 5.74) is 0. The minimum absolute atomic E-state index is 0.828. The lowest BCUT2D eigenvalue weighted by Gasteiger charge is -2.38. The number of fused-ring (bicyclic) bond motifs is 2. The van der Waals surface area contributed by atoms with E-state index in [0.717, 1.165) is 18.1 Å². The van der Waals surface area contributed by atoms with Crippen LogP contribution in [0.15, 0.2) is 0 Å². The van der Waals surface area contributed by atoms with Gasteiger partial charge in [-0.05, 0) is 58.2 Å². The van der Waals surface area contributed by atoms with Gasteiger partial charge in [-0.3, -0.25) is 4.90 Å². The first-order valence-electron chi connectivity index (χ1n) is 8.07. The van der Waals surface area contributed by atoms with E-state index in [1.54, 1.807) is 0 Å². The summed E-state index contributed by atoms with van der Waals surface area (Å²) < 4.78 is 0. The van der Waals surface area contributed by atoms with Crippen molar-refractivity contribution in [1.82, 2.24) is 15.1 Å². The van der Waals surface area contributed by atoms with Crippen LogP contribution in [0.25, 0.3) is 0 Å². The third-order valence-electron chi connectivity index (χ3n) is 5.27. The molecule has 3 heterocycles. The molecule has 3 heteroatoms. The summed E-state index contributed by atoms with van der Waals surface area (Å²) in [6.45, 7) is 8.85. The van der Waals surface area contributed by atoms with Gasteiger partial charge < -0.3 is 10.2 Å². The van der Waals surface area contributed by atoms with Crippen molar-refractivity contribution in [3.05, 3.63) is 0 Å². The first kappa shape index (κ1) is 12.9. The zero-order chi connectivity index (χ0) is 12.4. The van der Waals surface area contributed by atoms with E-state index in [2.05, 4.69) is 22.0 Å². The van der Waals surface area contributed by atoms with E-state index in [1.807, 2.05) is 0 Å². The zero-order valence-electron chi connectivity index (χ0n) is 11.9. The fraction of sp³-hybridized carbons (Fsp3) is 1.00. The summed E-state index contributed by atoms with van der Waals surface area (Å²) in [7, 11) is 0. The molecule has 0 spiro atoms. The molecule has 3 aliphatic rings. The molecular weight excluding hydrogens is 222 g/mol. The standard InChI is InChI=1S/C15H29N3/c1-2-18(10-9-17-7-3-4-8-17)15-11-13-5-6-14(12-15)16-13/h13-16H,2-12H2,1H3. The van der Waals surface area contributed by atoms with Crippen LogP contribution in [0.4, 0.5) is 0 Å². The fourth-order valence-corrected chi connectivity index (χ4v) is 4.20. The predicted octanol–water partition coefficient (Wildman–Crippen LogP) is 1.69.